The number of hydrogen-bond acceptors (Lipinski definition) is 0. The summed E-state index contributed by atoms with van der Waals surface area (Å²) in [6.45, 7) is 12.8. The first kappa shape index (κ1) is 11.0. The van der Waals surface area contributed by atoms with Crippen LogP contribution in [-0.2, 0) is 0 Å². The molecule has 0 atom stereocenters. The molecule has 0 heteroatoms. The minimum Gasteiger partial charge on any atom is -0.0985 e. The summed E-state index contributed by atoms with van der Waals surface area (Å²) < 4.78 is 0. The van der Waals surface area contributed by atoms with E-state index < -0.39 is 0 Å². The van der Waals surface area contributed by atoms with E-state index in [9.17, 15) is 0 Å². The Labute approximate surface area is 87.7 Å². The quantitative estimate of drug-likeness (QED) is 0.651. The molecular weight excluding hydrogens is 168 g/mol. The molecule has 0 fully saturated rings. The number of hydrogen-bond donors (Lipinski definition) is 0. The van der Waals surface area contributed by atoms with Crippen molar-refractivity contribution in [1.29, 1.82) is 0 Å². The Morgan fingerprint density at radius 3 is 2.14 bits per heavy atom. The Hall–Kier alpha value is -1.04. The molecule has 0 saturated carbocycles. The van der Waals surface area contributed by atoms with Crippen molar-refractivity contribution in [3.05, 3.63) is 41.5 Å². The van der Waals surface area contributed by atoms with E-state index >= 15 is 0 Å². The second-order valence-electron chi connectivity index (χ2n) is 4.40. The average Bonchev–Trinajstić information content (AvgIpc) is 2.16. The molecule has 76 valence electrons. The van der Waals surface area contributed by atoms with E-state index in [4.69, 9.17) is 0 Å². The highest BCUT2D eigenvalue weighted by Crippen LogP contribution is 2.25. The highest BCUT2D eigenvalue weighted by atomic mass is 14.1. The lowest BCUT2D eigenvalue weighted by molar-refractivity contribution is 0.832. The third-order valence-corrected chi connectivity index (χ3v) is 2.62. The molecule has 0 nitrogen and oxygen atoms in total. The van der Waals surface area contributed by atoms with Crippen molar-refractivity contribution in [2.24, 2.45) is 0 Å². The van der Waals surface area contributed by atoms with E-state index in [1.165, 1.54) is 16.7 Å². The van der Waals surface area contributed by atoms with Crippen LogP contribution in [0.2, 0.25) is 0 Å². The molecule has 0 aliphatic rings. The lowest BCUT2D eigenvalue weighted by Crippen LogP contribution is -1.95. The fourth-order valence-electron chi connectivity index (χ4n) is 1.64. The van der Waals surface area contributed by atoms with Crippen molar-refractivity contribution in [2.45, 2.75) is 39.5 Å². The lowest BCUT2D eigenvalue weighted by atomic mass is 9.92. The summed E-state index contributed by atoms with van der Waals surface area (Å²) >= 11 is 0. The van der Waals surface area contributed by atoms with Crippen molar-refractivity contribution < 1.29 is 0 Å². The van der Waals surface area contributed by atoms with Crippen molar-refractivity contribution in [1.82, 2.24) is 0 Å². The molecule has 0 aliphatic carbocycles. The van der Waals surface area contributed by atoms with Crippen LogP contribution in [0.1, 0.15) is 56.2 Å². The van der Waals surface area contributed by atoms with E-state index in [-0.39, 0.29) is 0 Å². The Morgan fingerprint density at radius 1 is 1.07 bits per heavy atom. The van der Waals surface area contributed by atoms with Gasteiger partial charge in [-0.25, -0.2) is 0 Å². The molecule has 0 bridgehead atoms. The lowest BCUT2D eigenvalue weighted by Gasteiger charge is -2.14. The summed E-state index contributed by atoms with van der Waals surface area (Å²) in [5.74, 6) is 1.17. The van der Waals surface area contributed by atoms with Crippen molar-refractivity contribution in [2.75, 3.05) is 0 Å². The van der Waals surface area contributed by atoms with Gasteiger partial charge in [0.2, 0.25) is 0 Å². The standard InChI is InChI=1S/C14H20/c1-6-12-7-8-13(10(2)3)9-14(12)11(4)5/h6-11H,1H2,2-5H3. The number of benzene rings is 1. The molecule has 0 unspecified atom stereocenters. The summed E-state index contributed by atoms with van der Waals surface area (Å²) in [7, 11) is 0. The molecule has 0 spiro atoms. The molecule has 0 aliphatic heterocycles. The van der Waals surface area contributed by atoms with Crippen LogP contribution >= 0.6 is 0 Å². The van der Waals surface area contributed by atoms with Crippen molar-refractivity contribution in [3.63, 3.8) is 0 Å². The zero-order valence-electron chi connectivity index (χ0n) is 9.67. The van der Waals surface area contributed by atoms with Gasteiger partial charge in [0.15, 0.2) is 0 Å². The van der Waals surface area contributed by atoms with Gasteiger partial charge in [0.1, 0.15) is 0 Å². The summed E-state index contributed by atoms with van der Waals surface area (Å²) in [5.41, 5.74) is 4.09. The monoisotopic (exact) mass is 188 g/mol. The minimum absolute atomic E-state index is 0.571. The maximum atomic E-state index is 3.85. The Morgan fingerprint density at radius 2 is 1.71 bits per heavy atom. The smallest absolute Gasteiger partial charge is 0.0213 e. The van der Waals surface area contributed by atoms with Crippen LogP contribution in [0.25, 0.3) is 6.08 Å². The molecule has 1 aromatic carbocycles. The molecular formula is C14H20. The molecule has 14 heavy (non-hydrogen) atoms. The zero-order chi connectivity index (χ0) is 10.7. The van der Waals surface area contributed by atoms with Crippen LogP contribution in [0.4, 0.5) is 0 Å². The predicted octanol–water partition coefficient (Wildman–Crippen LogP) is 4.58. The third-order valence-electron chi connectivity index (χ3n) is 2.62. The first-order valence-electron chi connectivity index (χ1n) is 5.32. The van der Waals surface area contributed by atoms with Crippen molar-refractivity contribution >= 4 is 6.08 Å². The van der Waals surface area contributed by atoms with Crippen LogP contribution in [-0.4, -0.2) is 0 Å². The normalized spacial score (nSPS) is 11.0. The van der Waals surface area contributed by atoms with Gasteiger partial charge >= 0.3 is 0 Å². The predicted molar refractivity (Wildman–Crippen MR) is 64.7 cm³/mol. The Bertz CT molecular complexity index is 319. The molecule has 1 rings (SSSR count). The first-order chi connectivity index (χ1) is 6.56. The van der Waals surface area contributed by atoms with Crippen LogP contribution in [0.15, 0.2) is 24.8 Å². The van der Waals surface area contributed by atoms with E-state index in [0.717, 1.165) is 0 Å². The summed E-state index contributed by atoms with van der Waals surface area (Å²) in [6, 6.07) is 6.69. The fourth-order valence-corrected chi connectivity index (χ4v) is 1.64. The molecule has 0 heterocycles. The molecule has 0 saturated heterocycles. The summed E-state index contributed by atoms with van der Waals surface area (Å²) in [5, 5.41) is 0. The largest absolute Gasteiger partial charge is 0.0985 e. The van der Waals surface area contributed by atoms with E-state index in [2.05, 4.69) is 52.5 Å². The van der Waals surface area contributed by atoms with Crippen LogP contribution in [0.5, 0.6) is 0 Å². The topological polar surface area (TPSA) is 0 Å². The molecule has 0 N–H and O–H groups in total. The van der Waals surface area contributed by atoms with Gasteiger partial charge in [0.05, 0.1) is 0 Å². The average molecular weight is 188 g/mol. The molecule has 0 amide bonds. The van der Waals surface area contributed by atoms with Gasteiger partial charge in [0.25, 0.3) is 0 Å². The molecule has 0 aromatic heterocycles. The van der Waals surface area contributed by atoms with Crippen LogP contribution in [0, 0.1) is 0 Å². The van der Waals surface area contributed by atoms with Gasteiger partial charge in [0, 0.05) is 0 Å². The zero-order valence-corrected chi connectivity index (χ0v) is 9.67. The Balaban J connectivity index is 3.20. The summed E-state index contributed by atoms with van der Waals surface area (Å²) in [4.78, 5) is 0. The minimum atomic E-state index is 0.571. The SMILES string of the molecule is C=Cc1ccc(C(C)C)cc1C(C)C. The maximum absolute atomic E-state index is 3.85. The highest BCUT2D eigenvalue weighted by Gasteiger charge is 2.07. The molecule has 0 radical (unpaired) electrons. The van der Waals surface area contributed by atoms with Gasteiger partial charge in [-0.2, -0.15) is 0 Å². The van der Waals surface area contributed by atoms with Crippen LogP contribution < -0.4 is 0 Å². The second-order valence-corrected chi connectivity index (χ2v) is 4.40. The molecule has 1 aromatic rings. The van der Waals surface area contributed by atoms with Gasteiger partial charge in [-0.3, -0.25) is 0 Å². The van der Waals surface area contributed by atoms with Gasteiger partial charge in [-0.1, -0.05) is 58.5 Å². The van der Waals surface area contributed by atoms with E-state index in [0.29, 0.717) is 11.8 Å². The second kappa shape index (κ2) is 4.45. The first-order valence-corrected chi connectivity index (χ1v) is 5.32. The van der Waals surface area contributed by atoms with Crippen molar-refractivity contribution in [3.8, 4) is 0 Å². The summed E-state index contributed by atoms with van der Waals surface area (Å²) in [6.07, 6.45) is 1.94. The third kappa shape index (κ3) is 2.25. The van der Waals surface area contributed by atoms with Gasteiger partial charge < -0.3 is 0 Å². The van der Waals surface area contributed by atoms with Crippen LogP contribution in [0.3, 0.4) is 0 Å². The fraction of sp³-hybridized carbons (Fsp3) is 0.429. The van der Waals surface area contributed by atoms with Gasteiger partial charge in [-0.05, 0) is 28.5 Å². The van der Waals surface area contributed by atoms with E-state index in [1.807, 2.05) is 6.08 Å². The maximum Gasteiger partial charge on any atom is -0.0213 e. The number of rotatable bonds is 3. The van der Waals surface area contributed by atoms with Gasteiger partial charge in [-0.15, -0.1) is 0 Å². The Kier molecular flexibility index (Phi) is 3.51. The van der Waals surface area contributed by atoms with E-state index in [1.54, 1.807) is 0 Å². The highest BCUT2D eigenvalue weighted by molar-refractivity contribution is 5.54.